The number of aryl methyl sites for hydroxylation is 2. The van der Waals surface area contributed by atoms with Crippen LogP contribution in [0.3, 0.4) is 0 Å². The topological polar surface area (TPSA) is 41.0 Å². The van der Waals surface area contributed by atoms with Gasteiger partial charge in [-0.3, -0.25) is 0 Å². The SMILES string of the molecule is CCC1C2CNCC2CN1c1ncnc2sc(C)c(C)c12. The van der Waals surface area contributed by atoms with Gasteiger partial charge in [0.2, 0.25) is 0 Å². The van der Waals surface area contributed by atoms with Gasteiger partial charge in [0.1, 0.15) is 17.0 Å². The van der Waals surface area contributed by atoms with Crippen LogP contribution in [-0.4, -0.2) is 35.6 Å². The molecule has 0 radical (unpaired) electrons. The Balaban J connectivity index is 1.83. The van der Waals surface area contributed by atoms with Crippen LogP contribution in [-0.2, 0) is 0 Å². The molecule has 21 heavy (non-hydrogen) atoms. The predicted molar refractivity (Wildman–Crippen MR) is 88.2 cm³/mol. The van der Waals surface area contributed by atoms with Crippen molar-refractivity contribution in [2.45, 2.75) is 33.2 Å². The number of hydrogen-bond donors (Lipinski definition) is 1. The number of nitrogens with zero attached hydrogens (tertiary/aromatic N) is 3. The van der Waals surface area contributed by atoms with Crippen molar-refractivity contribution in [3.05, 3.63) is 16.8 Å². The van der Waals surface area contributed by atoms with Crippen molar-refractivity contribution < 1.29 is 0 Å². The van der Waals surface area contributed by atoms with Crippen LogP contribution < -0.4 is 10.2 Å². The maximum Gasteiger partial charge on any atom is 0.141 e. The molecule has 4 rings (SSSR count). The van der Waals surface area contributed by atoms with Crippen LogP contribution in [0.15, 0.2) is 6.33 Å². The van der Waals surface area contributed by atoms with Crippen molar-refractivity contribution in [3.8, 4) is 0 Å². The Morgan fingerprint density at radius 2 is 2.19 bits per heavy atom. The predicted octanol–water partition coefficient (Wildman–Crippen LogP) is 2.74. The molecule has 0 amide bonds. The number of anilines is 1. The Hall–Kier alpha value is -1.20. The summed E-state index contributed by atoms with van der Waals surface area (Å²) in [5.74, 6) is 2.73. The summed E-state index contributed by atoms with van der Waals surface area (Å²) in [6.45, 7) is 10.2. The van der Waals surface area contributed by atoms with Crippen LogP contribution in [0.4, 0.5) is 5.82 Å². The van der Waals surface area contributed by atoms with E-state index in [1.54, 1.807) is 17.7 Å². The van der Waals surface area contributed by atoms with Gasteiger partial charge in [0.05, 0.1) is 5.39 Å². The number of thiophene rings is 1. The summed E-state index contributed by atoms with van der Waals surface area (Å²) in [7, 11) is 0. The van der Waals surface area contributed by atoms with Crippen molar-refractivity contribution in [2.75, 3.05) is 24.5 Å². The van der Waals surface area contributed by atoms with Crippen LogP contribution in [0.1, 0.15) is 23.8 Å². The Kier molecular flexibility index (Phi) is 3.15. The van der Waals surface area contributed by atoms with Gasteiger partial charge in [-0.05, 0) is 37.7 Å². The zero-order valence-electron chi connectivity index (χ0n) is 12.9. The number of aromatic nitrogens is 2. The molecule has 3 atom stereocenters. The summed E-state index contributed by atoms with van der Waals surface area (Å²) in [4.78, 5) is 14.2. The van der Waals surface area contributed by atoms with E-state index in [4.69, 9.17) is 0 Å². The van der Waals surface area contributed by atoms with Crippen molar-refractivity contribution in [3.63, 3.8) is 0 Å². The first kappa shape index (κ1) is 13.5. The molecule has 2 aliphatic rings. The number of hydrogen-bond acceptors (Lipinski definition) is 5. The van der Waals surface area contributed by atoms with E-state index in [1.165, 1.54) is 28.1 Å². The summed E-state index contributed by atoms with van der Waals surface area (Å²) >= 11 is 1.79. The van der Waals surface area contributed by atoms with E-state index in [0.717, 1.165) is 36.3 Å². The van der Waals surface area contributed by atoms with Gasteiger partial charge in [0.25, 0.3) is 0 Å². The van der Waals surface area contributed by atoms with Gasteiger partial charge in [-0.15, -0.1) is 11.3 Å². The van der Waals surface area contributed by atoms with E-state index >= 15 is 0 Å². The third kappa shape index (κ3) is 1.90. The molecular formula is C16H22N4S. The minimum Gasteiger partial charge on any atom is -0.352 e. The van der Waals surface area contributed by atoms with Crippen molar-refractivity contribution >= 4 is 27.4 Å². The normalized spacial score (nSPS) is 28.5. The standard InChI is InChI=1S/C16H22N4S/c1-4-13-12-6-17-5-11(12)7-20(13)15-14-9(2)10(3)21-16(14)19-8-18-15/h8,11-13,17H,4-7H2,1-3H3. The lowest BCUT2D eigenvalue weighted by Gasteiger charge is -2.28. The van der Waals surface area contributed by atoms with Gasteiger partial charge in [0, 0.05) is 30.6 Å². The second-order valence-electron chi connectivity index (χ2n) is 6.37. The smallest absolute Gasteiger partial charge is 0.141 e. The molecular weight excluding hydrogens is 280 g/mol. The first-order valence-corrected chi connectivity index (χ1v) is 8.70. The van der Waals surface area contributed by atoms with E-state index < -0.39 is 0 Å². The summed E-state index contributed by atoms with van der Waals surface area (Å²) in [6, 6.07) is 0.614. The van der Waals surface area contributed by atoms with E-state index in [2.05, 4.69) is 41.0 Å². The molecule has 2 fully saturated rings. The van der Waals surface area contributed by atoms with Gasteiger partial charge in [0.15, 0.2) is 0 Å². The van der Waals surface area contributed by atoms with E-state index in [9.17, 15) is 0 Å². The van der Waals surface area contributed by atoms with Gasteiger partial charge in [-0.1, -0.05) is 6.92 Å². The van der Waals surface area contributed by atoms with Crippen LogP contribution in [0.25, 0.3) is 10.2 Å². The van der Waals surface area contributed by atoms with E-state index in [1.807, 2.05) is 0 Å². The van der Waals surface area contributed by atoms with E-state index in [0.29, 0.717) is 6.04 Å². The number of rotatable bonds is 2. The Labute approximate surface area is 129 Å². The summed E-state index contributed by atoms with van der Waals surface area (Å²) in [5.41, 5.74) is 1.36. The maximum absolute atomic E-state index is 4.69. The molecule has 0 aromatic carbocycles. The minimum atomic E-state index is 0.614. The fraction of sp³-hybridized carbons (Fsp3) is 0.625. The molecule has 0 aliphatic carbocycles. The third-order valence-electron chi connectivity index (χ3n) is 5.35. The fourth-order valence-electron chi connectivity index (χ4n) is 4.17. The molecule has 2 aromatic heterocycles. The molecule has 0 spiro atoms. The lowest BCUT2D eigenvalue weighted by Crippen LogP contribution is -2.35. The molecule has 4 nitrogen and oxygen atoms in total. The molecule has 0 bridgehead atoms. The van der Waals surface area contributed by atoms with Crippen LogP contribution >= 0.6 is 11.3 Å². The summed E-state index contributed by atoms with van der Waals surface area (Å²) < 4.78 is 0. The summed E-state index contributed by atoms with van der Waals surface area (Å²) in [6.07, 6.45) is 2.93. The highest BCUT2D eigenvalue weighted by Gasteiger charge is 2.44. The number of fused-ring (bicyclic) bond motifs is 2. The lowest BCUT2D eigenvalue weighted by molar-refractivity contribution is 0.441. The van der Waals surface area contributed by atoms with Crippen LogP contribution in [0.5, 0.6) is 0 Å². The quantitative estimate of drug-likeness (QED) is 0.926. The average molecular weight is 302 g/mol. The van der Waals surface area contributed by atoms with Crippen molar-refractivity contribution in [2.24, 2.45) is 11.8 Å². The van der Waals surface area contributed by atoms with Crippen molar-refractivity contribution in [1.29, 1.82) is 0 Å². The molecule has 2 saturated heterocycles. The van der Waals surface area contributed by atoms with Gasteiger partial charge >= 0.3 is 0 Å². The molecule has 4 heterocycles. The van der Waals surface area contributed by atoms with Crippen LogP contribution in [0.2, 0.25) is 0 Å². The highest BCUT2D eigenvalue weighted by atomic mass is 32.1. The molecule has 1 N–H and O–H groups in total. The van der Waals surface area contributed by atoms with Gasteiger partial charge < -0.3 is 10.2 Å². The molecule has 5 heteroatoms. The Morgan fingerprint density at radius 1 is 1.33 bits per heavy atom. The van der Waals surface area contributed by atoms with Crippen LogP contribution in [0, 0.1) is 25.7 Å². The first-order valence-electron chi connectivity index (χ1n) is 7.88. The van der Waals surface area contributed by atoms with Gasteiger partial charge in [-0.25, -0.2) is 9.97 Å². The molecule has 2 aliphatic heterocycles. The highest BCUT2D eigenvalue weighted by molar-refractivity contribution is 7.18. The maximum atomic E-state index is 4.69. The number of nitrogens with one attached hydrogen (secondary N) is 1. The molecule has 0 saturated carbocycles. The minimum absolute atomic E-state index is 0.614. The molecule has 3 unspecified atom stereocenters. The summed E-state index contributed by atoms with van der Waals surface area (Å²) in [5, 5.41) is 4.84. The van der Waals surface area contributed by atoms with Crippen molar-refractivity contribution in [1.82, 2.24) is 15.3 Å². The second kappa shape index (κ2) is 4.92. The molecule has 112 valence electrons. The van der Waals surface area contributed by atoms with Gasteiger partial charge in [-0.2, -0.15) is 0 Å². The first-order chi connectivity index (χ1) is 10.2. The van der Waals surface area contributed by atoms with E-state index in [-0.39, 0.29) is 0 Å². The molecule has 2 aromatic rings. The Morgan fingerprint density at radius 3 is 3.00 bits per heavy atom. The highest BCUT2D eigenvalue weighted by Crippen LogP contribution is 2.41. The fourth-order valence-corrected chi connectivity index (χ4v) is 5.16. The Bertz CT molecular complexity index is 680. The lowest BCUT2D eigenvalue weighted by atomic mass is 9.93. The monoisotopic (exact) mass is 302 g/mol. The largest absolute Gasteiger partial charge is 0.352 e. The zero-order valence-corrected chi connectivity index (χ0v) is 13.7. The average Bonchev–Trinajstić information content (AvgIpc) is 3.12. The third-order valence-corrected chi connectivity index (χ3v) is 6.47. The zero-order chi connectivity index (χ0) is 14.6. The second-order valence-corrected chi connectivity index (χ2v) is 7.57.